The van der Waals surface area contributed by atoms with Crippen LogP contribution in [-0.4, -0.2) is 4.57 Å². The maximum Gasteiger partial charge on any atom is 0.159 e. The van der Waals surface area contributed by atoms with Crippen molar-refractivity contribution in [2.45, 2.75) is 59.3 Å². The van der Waals surface area contributed by atoms with Crippen LogP contribution in [0.4, 0.5) is 11.4 Å². The predicted molar refractivity (Wildman–Crippen MR) is 266 cm³/mol. The van der Waals surface area contributed by atoms with Crippen LogP contribution in [-0.2, 0) is 11.8 Å². The van der Waals surface area contributed by atoms with Gasteiger partial charge in [0.05, 0.1) is 11.0 Å². The molecule has 0 saturated heterocycles. The Bertz CT molecular complexity index is 3320. The number of allylic oxidation sites excluding steroid dienone is 8. The summed E-state index contributed by atoms with van der Waals surface area (Å²) in [6.07, 6.45) is 21.4. The smallest absolute Gasteiger partial charge is 0.159 e. The van der Waals surface area contributed by atoms with Gasteiger partial charge in [-0.15, -0.1) is 0 Å². The first-order valence-electron chi connectivity index (χ1n) is 22.9. The largest absolute Gasteiger partial charge is 0.458 e. The van der Waals surface area contributed by atoms with E-state index in [1.807, 2.05) is 0 Å². The number of furan rings is 1. The second-order valence-electron chi connectivity index (χ2n) is 19.1. The van der Waals surface area contributed by atoms with E-state index in [2.05, 4.69) is 214 Å². The zero-order valence-electron chi connectivity index (χ0n) is 36.8. The molecule has 63 heavy (non-hydrogen) atoms. The number of hydrogen-bond donors (Lipinski definition) is 0. The molecule has 0 N–H and O–H groups in total. The van der Waals surface area contributed by atoms with Gasteiger partial charge in [-0.1, -0.05) is 150 Å². The van der Waals surface area contributed by atoms with Gasteiger partial charge in [0, 0.05) is 56.3 Å². The molecule has 3 heteroatoms. The summed E-state index contributed by atoms with van der Waals surface area (Å²) >= 11 is 0. The number of nitrogens with zero attached hydrogens (tertiary/aromatic N) is 2. The fourth-order valence-corrected chi connectivity index (χ4v) is 11.1. The van der Waals surface area contributed by atoms with Crippen LogP contribution in [0.5, 0.6) is 0 Å². The van der Waals surface area contributed by atoms with Gasteiger partial charge in [0.15, 0.2) is 5.58 Å². The van der Waals surface area contributed by atoms with Gasteiger partial charge >= 0.3 is 0 Å². The van der Waals surface area contributed by atoms with Gasteiger partial charge < -0.3 is 13.9 Å². The minimum atomic E-state index is -0.0867. The lowest BCUT2D eigenvalue weighted by Crippen LogP contribution is -2.19. The van der Waals surface area contributed by atoms with Crippen molar-refractivity contribution in [2.75, 3.05) is 4.90 Å². The maximum atomic E-state index is 7.02. The van der Waals surface area contributed by atoms with Crippen molar-refractivity contribution in [1.82, 2.24) is 4.57 Å². The quantitative estimate of drug-likeness (QED) is 0.167. The second kappa shape index (κ2) is 14.4. The molecule has 0 radical (unpaired) electrons. The highest BCUT2D eigenvalue weighted by molar-refractivity contribution is 6.24. The lowest BCUT2D eigenvalue weighted by Gasteiger charge is -2.30. The number of aromatic nitrogens is 1. The van der Waals surface area contributed by atoms with E-state index in [-0.39, 0.29) is 5.41 Å². The van der Waals surface area contributed by atoms with Crippen LogP contribution in [0.25, 0.3) is 72.4 Å². The molecule has 4 aliphatic rings. The van der Waals surface area contributed by atoms with Crippen LogP contribution >= 0.6 is 0 Å². The molecule has 4 aliphatic carbocycles. The van der Waals surface area contributed by atoms with Crippen LogP contribution in [0.15, 0.2) is 174 Å². The molecule has 0 spiro atoms. The minimum absolute atomic E-state index is 0.0867. The second-order valence-corrected chi connectivity index (χ2v) is 19.1. The van der Waals surface area contributed by atoms with Crippen LogP contribution < -0.4 is 4.90 Å². The summed E-state index contributed by atoms with van der Waals surface area (Å²) in [5.74, 6) is 2.52. The Morgan fingerprint density at radius 3 is 2.22 bits per heavy atom. The molecule has 0 saturated carbocycles. The third-order valence-corrected chi connectivity index (χ3v) is 14.5. The SMILES string of the molecule is CC1C=CC(N(c2ccc(-c3cc4c5c(oc4c4c3c3ccccc3n4-c3ccc(C4=CC=CCC4C)cc3)CC(C)C=C5)cc2)c2ccc3c(c2)C(C)(C)c2ccccc2-3)=CC1. The Hall–Kier alpha value is -6.84. The number of rotatable bonds is 6. The van der Waals surface area contributed by atoms with Gasteiger partial charge in [0.1, 0.15) is 5.76 Å². The van der Waals surface area contributed by atoms with E-state index >= 15 is 0 Å². The zero-order valence-corrected chi connectivity index (χ0v) is 36.8. The standard InChI is InChI=1S/C60H52N2O/c1-37-18-25-42(26-19-37)61(45-31-33-48-47-14-8-10-16-53(47)60(4,5)54(48)35-45)43-27-23-41(24-28-43)51-36-52-49-32-20-38(2)34-56(49)63-59(52)58-57(51)50-15-9-11-17-55(50)62(58)44-29-21-40(22-30-44)46-13-7-6-12-39(46)3/h6-11,13-18,20-33,35-39H,12,19,34H2,1-5H3. The molecule has 12 rings (SSSR count). The van der Waals surface area contributed by atoms with E-state index in [1.165, 1.54) is 83.1 Å². The third-order valence-electron chi connectivity index (χ3n) is 14.5. The first-order valence-corrected chi connectivity index (χ1v) is 22.9. The Kier molecular flexibility index (Phi) is 8.63. The third kappa shape index (κ3) is 5.93. The molecule has 3 atom stereocenters. The minimum Gasteiger partial charge on any atom is -0.458 e. The molecule has 0 bridgehead atoms. The number of fused-ring (bicyclic) bond motifs is 10. The maximum absolute atomic E-state index is 7.02. The van der Waals surface area contributed by atoms with Gasteiger partial charge in [0.25, 0.3) is 0 Å². The summed E-state index contributed by atoms with van der Waals surface area (Å²) in [5, 5.41) is 3.61. The Morgan fingerprint density at radius 2 is 1.41 bits per heavy atom. The molecule has 0 fully saturated rings. The van der Waals surface area contributed by atoms with E-state index in [0.29, 0.717) is 17.8 Å². The summed E-state index contributed by atoms with van der Waals surface area (Å²) < 4.78 is 9.47. The van der Waals surface area contributed by atoms with E-state index in [9.17, 15) is 0 Å². The average molecular weight is 817 g/mol. The van der Waals surface area contributed by atoms with Crippen molar-refractivity contribution in [3.8, 4) is 27.9 Å². The number of para-hydroxylation sites is 1. The Labute approximate surface area is 370 Å². The predicted octanol–water partition coefficient (Wildman–Crippen LogP) is 16.3. The number of hydrogen-bond acceptors (Lipinski definition) is 2. The molecular formula is C60H52N2O. The molecule has 308 valence electrons. The summed E-state index contributed by atoms with van der Waals surface area (Å²) in [4.78, 5) is 2.46. The summed E-state index contributed by atoms with van der Waals surface area (Å²) in [6, 6.07) is 45.9. The highest BCUT2D eigenvalue weighted by Crippen LogP contribution is 2.51. The Balaban J connectivity index is 1.04. The summed E-state index contributed by atoms with van der Waals surface area (Å²) in [6.45, 7) is 11.6. The van der Waals surface area contributed by atoms with Crippen molar-refractivity contribution in [3.63, 3.8) is 0 Å². The van der Waals surface area contributed by atoms with Crippen LogP contribution in [0.2, 0.25) is 0 Å². The van der Waals surface area contributed by atoms with E-state index in [0.717, 1.165) is 47.5 Å². The molecule has 3 nitrogen and oxygen atoms in total. The highest BCUT2D eigenvalue weighted by Gasteiger charge is 2.36. The highest BCUT2D eigenvalue weighted by atomic mass is 16.3. The zero-order chi connectivity index (χ0) is 42.6. The fourth-order valence-electron chi connectivity index (χ4n) is 11.1. The molecule has 3 unspecified atom stereocenters. The van der Waals surface area contributed by atoms with Gasteiger partial charge in [-0.3, -0.25) is 0 Å². The molecule has 2 aromatic heterocycles. The molecule has 0 aliphatic heterocycles. The van der Waals surface area contributed by atoms with Gasteiger partial charge in [-0.05, 0) is 130 Å². The van der Waals surface area contributed by atoms with Crippen molar-refractivity contribution >= 4 is 55.8 Å². The van der Waals surface area contributed by atoms with Crippen LogP contribution in [0.1, 0.15) is 75.5 Å². The molecule has 0 amide bonds. The van der Waals surface area contributed by atoms with Gasteiger partial charge in [0.2, 0.25) is 0 Å². The van der Waals surface area contributed by atoms with Crippen molar-refractivity contribution in [1.29, 1.82) is 0 Å². The van der Waals surface area contributed by atoms with Crippen molar-refractivity contribution in [2.24, 2.45) is 17.8 Å². The van der Waals surface area contributed by atoms with Crippen LogP contribution in [0.3, 0.4) is 0 Å². The summed E-state index contributed by atoms with van der Waals surface area (Å²) in [7, 11) is 0. The summed E-state index contributed by atoms with van der Waals surface area (Å²) in [5.41, 5.74) is 19.6. The molecule has 6 aromatic carbocycles. The lowest BCUT2D eigenvalue weighted by atomic mass is 9.82. The average Bonchev–Trinajstić information content (AvgIpc) is 3.92. The molecular weight excluding hydrogens is 765 g/mol. The molecule has 2 heterocycles. The first kappa shape index (κ1) is 37.9. The fraction of sp³-hybridized carbons (Fsp3) is 0.200. The normalized spacial score (nSPS) is 19.6. The van der Waals surface area contributed by atoms with Crippen molar-refractivity contribution in [3.05, 3.63) is 198 Å². The van der Waals surface area contributed by atoms with Crippen molar-refractivity contribution < 1.29 is 4.42 Å². The van der Waals surface area contributed by atoms with E-state index in [4.69, 9.17) is 4.42 Å². The Morgan fingerprint density at radius 1 is 0.667 bits per heavy atom. The van der Waals surface area contributed by atoms with Gasteiger partial charge in [-0.2, -0.15) is 0 Å². The van der Waals surface area contributed by atoms with E-state index in [1.54, 1.807) is 0 Å². The first-order chi connectivity index (χ1) is 30.7. The topological polar surface area (TPSA) is 21.3 Å². The van der Waals surface area contributed by atoms with Gasteiger partial charge in [-0.25, -0.2) is 0 Å². The lowest BCUT2D eigenvalue weighted by molar-refractivity contribution is 0.514. The monoisotopic (exact) mass is 816 g/mol. The van der Waals surface area contributed by atoms with E-state index < -0.39 is 0 Å². The number of anilines is 2. The molecule has 8 aromatic rings. The number of benzene rings is 6. The van der Waals surface area contributed by atoms with Crippen LogP contribution in [0, 0.1) is 17.8 Å².